The molecule has 0 fully saturated rings. The Labute approximate surface area is 138 Å². The molecule has 0 aliphatic rings. The lowest BCUT2D eigenvalue weighted by Crippen LogP contribution is -2.05. The monoisotopic (exact) mass is 331 g/mol. The van der Waals surface area contributed by atoms with Crippen LogP contribution in [0.3, 0.4) is 0 Å². The molecular formula is C18H18FNO4. The summed E-state index contributed by atoms with van der Waals surface area (Å²) in [7, 11) is 0. The van der Waals surface area contributed by atoms with Gasteiger partial charge in [-0.1, -0.05) is 12.1 Å². The van der Waals surface area contributed by atoms with E-state index in [2.05, 4.69) is 4.98 Å². The number of carbonyl (C=O) groups excluding carboxylic acids is 1. The van der Waals surface area contributed by atoms with Gasteiger partial charge in [0.2, 0.25) is 0 Å². The van der Waals surface area contributed by atoms with E-state index >= 15 is 0 Å². The zero-order valence-corrected chi connectivity index (χ0v) is 13.3. The zero-order valence-electron chi connectivity index (χ0n) is 13.3. The van der Waals surface area contributed by atoms with Gasteiger partial charge in [-0.15, -0.1) is 0 Å². The van der Waals surface area contributed by atoms with Crippen molar-refractivity contribution in [1.82, 2.24) is 4.98 Å². The van der Waals surface area contributed by atoms with Crippen LogP contribution < -0.4 is 0 Å². The molecule has 1 aromatic heterocycles. The standard InChI is InChI=1S/C18H18FNO4/c1-11-3-2-4-13(19)18(11)15-8-9-16(22)14(20-15)7-5-12(21)6-10-17(23)24/h2-4,8-9,22H,5-7,10H2,1H3,(H,23,24). The summed E-state index contributed by atoms with van der Waals surface area (Å²) in [5, 5.41) is 18.5. The SMILES string of the molecule is Cc1cccc(F)c1-c1ccc(O)c(CCC(=O)CCC(=O)O)n1. The van der Waals surface area contributed by atoms with Crippen molar-refractivity contribution in [3.63, 3.8) is 0 Å². The van der Waals surface area contributed by atoms with Crippen LogP contribution in [0.1, 0.15) is 30.5 Å². The van der Waals surface area contributed by atoms with Crippen molar-refractivity contribution in [2.24, 2.45) is 0 Å². The third kappa shape index (κ3) is 4.38. The number of pyridine rings is 1. The van der Waals surface area contributed by atoms with Crippen molar-refractivity contribution < 1.29 is 24.2 Å². The van der Waals surface area contributed by atoms with E-state index in [9.17, 15) is 19.1 Å². The summed E-state index contributed by atoms with van der Waals surface area (Å²) in [4.78, 5) is 26.4. The number of rotatable bonds is 7. The maximum atomic E-state index is 14.0. The molecule has 0 aliphatic heterocycles. The maximum Gasteiger partial charge on any atom is 0.303 e. The van der Waals surface area contributed by atoms with E-state index in [1.807, 2.05) is 0 Å². The lowest BCUT2D eigenvalue weighted by atomic mass is 10.0. The first-order valence-electron chi connectivity index (χ1n) is 7.56. The molecule has 0 saturated heterocycles. The van der Waals surface area contributed by atoms with E-state index in [-0.39, 0.29) is 37.2 Å². The number of aliphatic carboxylic acids is 1. The number of halogens is 1. The number of Topliss-reactive ketones (excluding diaryl/α,β-unsaturated/α-hetero) is 1. The van der Waals surface area contributed by atoms with Crippen LogP contribution in [0.5, 0.6) is 5.75 Å². The number of carboxylic acid groups (broad SMARTS) is 1. The minimum Gasteiger partial charge on any atom is -0.506 e. The molecule has 0 spiro atoms. The molecule has 2 N–H and O–H groups in total. The van der Waals surface area contributed by atoms with Gasteiger partial charge in [0.15, 0.2) is 0 Å². The predicted octanol–water partition coefficient (Wildman–Crippen LogP) is 3.27. The largest absolute Gasteiger partial charge is 0.506 e. The van der Waals surface area contributed by atoms with Crippen molar-refractivity contribution in [1.29, 1.82) is 0 Å². The van der Waals surface area contributed by atoms with Gasteiger partial charge in [0, 0.05) is 24.8 Å². The van der Waals surface area contributed by atoms with Gasteiger partial charge in [-0.05, 0) is 30.7 Å². The van der Waals surface area contributed by atoms with Gasteiger partial charge in [0.1, 0.15) is 17.3 Å². The summed E-state index contributed by atoms with van der Waals surface area (Å²) >= 11 is 0. The van der Waals surface area contributed by atoms with Gasteiger partial charge >= 0.3 is 5.97 Å². The van der Waals surface area contributed by atoms with Crippen molar-refractivity contribution in [2.45, 2.75) is 32.6 Å². The van der Waals surface area contributed by atoms with E-state index in [1.54, 1.807) is 19.1 Å². The Kier molecular flexibility index (Phi) is 5.63. The molecule has 0 amide bonds. The third-order valence-electron chi connectivity index (χ3n) is 3.69. The van der Waals surface area contributed by atoms with Crippen LogP contribution in [0.2, 0.25) is 0 Å². The highest BCUT2D eigenvalue weighted by Gasteiger charge is 2.14. The van der Waals surface area contributed by atoms with Crippen LogP contribution in [0.4, 0.5) is 4.39 Å². The Bertz CT molecular complexity index is 753. The molecular weight excluding hydrogens is 313 g/mol. The van der Waals surface area contributed by atoms with E-state index < -0.39 is 11.8 Å². The fraction of sp³-hybridized carbons (Fsp3) is 0.278. The number of hydrogen-bond acceptors (Lipinski definition) is 4. The number of benzene rings is 1. The van der Waals surface area contributed by atoms with Crippen LogP contribution in [0, 0.1) is 12.7 Å². The minimum absolute atomic E-state index is 0.0534. The van der Waals surface area contributed by atoms with E-state index in [0.717, 1.165) is 5.56 Å². The van der Waals surface area contributed by atoms with Gasteiger partial charge in [0.05, 0.1) is 17.8 Å². The first-order chi connectivity index (χ1) is 11.4. The highest BCUT2D eigenvalue weighted by atomic mass is 19.1. The number of nitrogens with zero attached hydrogens (tertiary/aromatic N) is 1. The number of ketones is 1. The summed E-state index contributed by atoms with van der Waals surface area (Å²) in [6.07, 6.45) is -0.0198. The molecule has 2 aromatic rings. The summed E-state index contributed by atoms with van der Waals surface area (Å²) in [5.74, 6) is -1.72. The Morgan fingerprint density at radius 3 is 2.54 bits per heavy atom. The molecule has 0 atom stereocenters. The lowest BCUT2D eigenvalue weighted by Gasteiger charge is -2.10. The fourth-order valence-electron chi connectivity index (χ4n) is 2.40. The molecule has 0 aliphatic carbocycles. The summed E-state index contributed by atoms with van der Waals surface area (Å²) in [6.45, 7) is 1.77. The topological polar surface area (TPSA) is 87.5 Å². The Hall–Kier alpha value is -2.76. The minimum atomic E-state index is -1.03. The highest BCUT2D eigenvalue weighted by molar-refractivity contribution is 5.82. The number of aromatic hydroxyl groups is 1. The molecule has 6 heteroatoms. The smallest absolute Gasteiger partial charge is 0.303 e. The van der Waals surface area contributed by atoms with Crippen LogP contribution in [-0.2, 0) is 16.0 Å². The predicted molar refractivity (Wildman–Crippen MR) is 86.2 cm³/mol. The van der Waals surface area contributed by atoms with E-state index in [0.29, 0.717) is 17.0 Å². The van der Waals surface area contributed by atoms with Crippen LogP contribution in [-0.4, -0.2) is 26.9 Å². The van der Waals surface area contributed by atoms with E-state index in [1.165, 1.54) is 18.2 Å². The van der Waals surface area contributed by atoms with Crippen LogP contribution in [0.15, 0.2) is 30.3 Å². The Morgan fingerprint density at radius 1 is 1.12 bits per heavy atom. The van der Waals surface area contributed by atoms with Crippen LogP contribution >= 0.6 is 0 Å². The van der Waals surface area contributed by atoms with Crippen molar-refractivity contribution in [3.8, 4) is 17.0 Å². The van der Waals surface area contributed by atoms with Gasteiger partial charge < -0.3 is 10.2 Å². The molecule has 1 heterocycles. The molecule has 0 radical (unpaired) electrons. The van der Waals surface area contributed by atoms with Crippen molar-refractivity contribution in [2.75, 3.05) is 0 Å². The van der Waals surface area contributed by atoms with Gasteiger partial charge in [-0.2, -0.15) is 0 Å². The van der Waals surface area contributed by atoms with Gasteiger partial charge in [-0.3, -0.25) is 9.59 Å². The second-order valence-electron chi connectivity index (χ2n) is 5.53. The first-order valence-corrected chi connectivity index (χ1v) is 7.56. The Morgan fingerprint density at radius 2 is 1.88 bits per heavy atom. The van der Waals surface area contributed by atoms with Gasteiger partial charge in [0.25, 0.3) is 0 Å². The molecule has 5 nitrogen and oxygen atoms in total. The first kappa shape index (κ1) is 17.6. The lowest BCUT2D eigenvalue weighted by molar-refractivity contribution is -0.138. The summed E-state index contributed by atoms with van der Waals surface area (Å²) < 4.78 is 14.0. The Balaban J connectivity index is 2.17. The maximum absolute atomic E-state index is 14.0. The summed E-state index contributed by atoms with van der Waals surface area (Å²) in [6, 6.07) is 7.66. The normalized spacial score (nSPS) is 10.6. The number of aromatic nitrogens is 1. The molecule has 0 unspecified atom stereocenters. The van der Waals surface area contributed by atoms with Crippen molar-refractivity contribution in [3.05, 3.63) is 47.4 Å². The second kappa shape index (κ2) is 7.68. The molecule has 24 heavy (non-hydrogen) atoms. The highest BCUT2D eigenvalue weighted by Crippen LogP contribution is 2.28. The van der Waals surface area contributed by atoms with Crippen molar-refractivity contribution >= 4 is 11.8 Å². The average molecular weight is 331 g/mol. The molecule has 2 rings (SSSR count). The zero-order chi connectivity index (χ0) is 17.7. The second-order valence-corrected chi connectivity index (χ2v) is 5.53. The molecule has 0 bridgehead atoms. The third-order valence-corrected chi connectivity index (χ3v) is 3.69. The summed E-state index contributed by atoms with van der Waals surface area (Å²) in [5.41, 5.74) is 1.75. The fourth-order valence-corrected chi connectivity index (χ4v) is 2.40. The van der Waals surface area contributed by atoms with Crippen LogP contribution in [0.25, 0.3) is 11.3 Å². The number of carbonyl (C=O) groups is 2. The number of hydrogen-bond donors (Lipinski definition) is 2. The molecule has 126 valence electrons. The number of carboxylic acids is 1. The molecule has 0 saturated carbocycles. The van der Waals surface area contributed by atoms with E-state index in [4.69, 9.17) is 5.11 Å². The average Bonchev–Trinajstić information content (AvgIpc) is 2.53. The quantitative estimate of drug-likeness (QED) is 0.813. The molecule has 1 aromatic carbocycles. The number of aryl methyl sites for hydroxylation is 2. The van der Waals surface area contributed by atoms with Gasteiger partial charge in [-0.25, -0.2) is 9.37 Å².